The van der Waals surface area contributed by atoms with Gasteiger partial charge in [0.15, 0.2) is 6.61 Å². The Hall–Kier alpha value is -2.53. The van der Waals surface area contributed by atoms with Crippen LogP contribution in [0.5, 0.6) is 5.88 Å². The monoisotopic (exact) mass is 317 g/mol. The summed E-state index contributed by atoms with van der Waals surface area (Å²) >= 11 is 0. The molecular weight excluding hydrogens is 304 g/mol. The summed E-state index contributed by atoms with van der Waals surface area (Å²) in [5.74, 6) is -0.666. The Morgan fingerprint density at radius 3 is 2.50 bits per heavy atom. The molecule has 0 amide bonds. The van der Waals surface area contributed by atoms with E-state index in [9.17, 15) is 4.79 Å². The number of hydrogen-bond donors (Lipinski definition) is 1. The molecule has 0 atom stereocenters. The van der Waals surface area contributed by atoms with Crippen molar-refractivity contribution in [2.75, 3.05) is 6.61 Å². The Balaban J connectivity index is 0.00000176. The normalized spacial score (nSPS) is 10.2. The molecule has 6 heteroatoms. The third-order valence-electron chi connectivity index (χ3n) is 3.13. The second kappa shape index (κ2) is 6.95. The lowest BCUT2D eigenvalue weighted by Crippen LogP contribution is -3.00. The van der Waals surface area contributed by atoms with Gasteiger partial charge in [-0.3, -0.25) is 4.68 Å². The van der Waals surface area contributed by atoms with E-state index in [4.69, 9.17) is 9.84 Å². The van der Waals surface area contributed by atoms with Gasteiger partial charge < -0.3 is 22.3 Å². The Bertz CT molecular complexity index is 771. The van der Waals surface area contributed by atoms with Crippen LogP contribution in [0.25, 0.3) is 10.9 Å². The van der Waals surface area contributed by atoms with Crippen LogP contribution in [0.2, 0.25) is 0 Å². The molecular formula is C16H14ClN2O3-. The molecule has 22 heavy (non-hydrogen) atoms. The summed E-state index contributed by atoms with van der Waals surface area (Å²) < 4.78 is 7.09. The van der Waals surface area contributed by atoms with Crippen LogP contribution < -0.4 is 17.1 Å². The number of carbonyl (C=O) groups is 1. The number of hydrogen-bond acceptors (Lipinski definition) is 3. The van der Waals surface area contributed by atoms with Gasteiger partial charge in [0, 0.05) is 0 Å². The maximum absolute atomic E-state index is 10.6. The summed E-state index contributed by atoms with van der Waals surface area (Å²) in [5, 5.41) is 13.9. The van der Waals surface area contributed by atoms with Crippen molar-refractivity contribution in [2.24, 2.45) is 0 Å². The highest BCUT2D eigenvalue weighted by molar-refractivity contribution is 5.85. The summed E-state index contributed by atoms with van der Waals surface area (Å²) in [6.07, 6.45) is 0. The Kier molecular flexibility index (Phi) is 5.01. The molecule has 1 aromatic heterocycles. The lowest BCUT2D eigenvalue weighted by molar-refractivity contribution is -0.139. The van der Waals surface area contributed by atoms with Crippen molar-refractivity contribution in [3.05, 3.63) is 60.2 Å². The van der Waals surface area contributed by atoms with Gasteiger partial charge in [-0.25, -0.2) is 4.79 Å². The Morgan fingerprint density at radius 1 is 1.09 bits per heavy atom. The second-order valence-electron chi connectivity index (χ2n) is 4.65. The molecule has 0 aliphatic carbocycles. The molecule has 3 aromatic rings. The maximum Gasteiger partial charge on any atom is 0.341 e. The average Bonchev–Trinajstić information content (AvgIpc) is 2.85. The van der Waals surface area contributed by atoms with E-state index in [0.29, 0.717) is 12.4 Å². The zero-order chi connectivity index (χ0) is 14.7. The fourth-order valence-corrected chi connectivity index (χ4v) is 2.21. The van der Waals surface area contributed by atoms with Crippen molar-refractivity contribution in [3.63, 3.8) is 0 Å². The molecule has 0 radical (unpaired) electrons. The van der Waals surface area contributed by atoms with E-state index in [1.807, 2.05) is 59.3 Å². The SMILES string of the molecule is O=C(O)COc1nn(Cc2ccccc2)c2ccccc12.[Cl-]. The molecule has 0 saturated heterocycles. The maximum atomic E-state index is 10.6. The number of nitrogens with zero attached hydrogens (tertiary/aromatic N) is 2. The van der Waals surface area contributed by atoms with Crippen LogP contribution in [-0.4, -0.2) is 27.5 Å². The molecule has 0 fully saturated rings. The molecule has 0 aliphatic heterocycles. The molecule has 3 rings (SSSR count). The highest BCUT2D eigenvalue weighted by atomic mass is 35.5. The summed E-state index contributed by atoms with van der Waals surface area (Å²) in [5.41, 5.74) is 2.04. The van der Waals surface area contributed by atoms with Gasteiger partial charge in [0.2, 0.25) is 5.88 Å². The van der Waals surface area contributed by atoms with Crippen LogP contribution in [-0.2, 0) is 11.3 Å². The molecule has 5 nitrogen and oxygen atoms in total. The number of halogens is 1. The Labute approximate surface area is 133 Å². The van der Waals surface area contributed by atoms with Crippen molar-refractivity contribution in [3.8, 4) is 5.88 Å². The highest BCUT2D eigenvalue weighted by Crippen LogP contribution is 2.25. The van der Waals surface area contributed by atoms with E-state index < -0.39 is 12.6 Å². The zero-order valence-electron chi connectivity index (χ0n) is 11.6. The number of aliphatic carboxylic acids is 1. The van der Waals surface area contributed by atoms with E-state index in [2.05, 4.69) is 5.10 Å². The van der Waals surface area contributed by atoms with Gasteiger partial charge in [-0.05, 0) is 17.7 Å². The van der Waals surface area contributed by atoms with Crippen molar-refractivity contribution in [1.29, 1.82) is 0 Å². The smallest absolute Gasteiger partial charge is 0.341 e. The number of benzene rings is 2. The lowest BCUT2D eigenvalue weighted by atomic mass is 10.2. The summed E-state index contributed by atoms with van der Waals surface area (Å²) in [7, 11) is 0. The van der Waals surface area contributed by atoms with Crippen molar-refractivity contribution in [2.45, 2.75) is 6.54 Å². The number of rotatable bonds is 5. The molecule has 114 valence electrons. The standard InChI is InChI=1S/C16H14N2O3.ClH/c19-15(20)11-21-16-13-8-4-5-9-14(13)18(17-16)10-12-6-2-1-3-7-12;/h1-9H,10-11H2,(H,19,20);1H/p-1. The lowest BCUT2D eigenvalue weighted by Gasteiger charge is -2.03. The molecule has 2 aromatic carbocycles. The van der Waals surface area contributed by atoms with Gasteiger partial charge in [0.25, 0.3) is 0 Å². The first kappa shape index (κ1) is 15.9. The van der Waals surface area contributed by atoms with Gasteiger partial charge in [0.1, 0.15) is 0 Å². The number of carboxylic acid groups (broad SMARTS) is 1. The predicted molar refractivity (Wildman–Crippen MR) is 78.4 cm³/mol. The fourth-order valence-electron chi connectivity index (χ4n) is 2.21. The molecule has 0 saturated carbocycles. The van der Waals surface area contributed by atoms with Crippen LogP contribution in [0.3, 0.4) is 0 Å². The molecule has 0 spiro atoms. The average molecular weight is 318 g/mol. The van der Waals surface area contributed by atoms with Gasteiger partial charge in [-0.15, -0.1) is 5.10 Å². The minimum absolute atomic E-state index is 0. The molecule has 1 heterocycles. The van der Waals surface area contributed by atoms with Gasteiger partial charge in [-0.2, -0.15) is 0 Å². The number of para-hydroxylation sites is 1. The summed E-state index contributed by atoms with van der Waals surface area (Å²) in [6, 6.07) is 17.6. The van der Waals surface area contributed by atoms with Crippen molar-refractivity contribution in [1.82, 2.24) is 9.78 Å². The van der Waals surface area contributed by atoms with Crippen LogP contribution in [0.15, 0.2) is 54.6 Å². The third kappa shape index (κ3) is 3.38. The van der Waals surface area contributed by atoms with Crippen molar-refractivity contribution >= 4 is 16.9 Å². The number of carboxylic acids is 1. The van der Waals surface area contributed by atoms with E-state index >= 15 is 0 Å². The van der Waals surface area contributed by atoms with E-state index in [1.54, 1.807) is 0 Å². The predicted octanol–water partition coefficient (Wildman–Crippen LogP) is -0.448. The molecule has 1 N–H and O–H groups in total. The second-order valence-corrected chi connectivity index (χ2v) is 4.65. The topological polar surface area (TPSA) is 64.3 Å². The van der Waals surface area contributed by atoms with Crippen LogP contribution >= 0.6 is 0 Å². The van der Waals surface area contributed by atoms with Crippen molar-refractivity contribution < 1.29 is 27.0 Å². The van der Waals surface area contributed by atoms with Crippen LogP contribution in [0, 0.1) is 0 Å². The molecule has 0 unspecified atom stereocenters. The quantitative estimate of drug-likeness (QED) is 0.692. The minimum atomic E-state index is -1.02. The fraction of sp³-hybridized carbons (Fsp3) is 0.125. The van der Waals surface area contributed by atoms with E-state index in [1.165, 1.54) is 0 Å². The van der Waals surface area contributed by atoms with Crippen LogP contribution in [0.4, 0.5) is 0 Å². The minimum Gasteiger partial charge on any atom is -1.00 e. The number of fused-ring (bicyclic) bond motifs is 1. The van der Waals surface area contributed by atoms with E-state index in [0.717, 1.165) is 16.5 Å². The summed E-state index contributed by atoms with van der Waals surface area (Å²) in [4.78, 5) is 10.6. The summed E-state index contributed by atoms with van der Waals surface area (Å²) in [6.45, 7) is 0.212. The van der Waals surface area contributed by atoms with Gasteiger partial charge >= 0.3 is 5.97 Å². The van der Waals surface area contributed by atoms with Crippen LogP contribution in [0.1, 0.15) is 5.56 Å². The first-order valence-electron chi connectivity index (χ1n) is 6.58. The zero-order valence-corrected chi connectivity index (χ0v) is 12.4. The van der Waals surface area contributed by atoms with Gasteiger partial charge in [0.05, 0.1) is 17.4 Å². The highest BCUT2D eigenvalue weighted by Gasteiger charge is 2.12. The number of ether oxygens (including phenoxy) is 1. The largest absolute Gasteiger partial charge is 1.00 e. The Morgan fingerprint density at radius 2 is 1.77 bits per heavy atom. The first-order chi connectivity index (χ1) is 10.2. The number of aromatic nitrogens is 2. The first-order valence-corrected chi connectivity index (χ1v) is 6.58. The molecule has 0 bridgehead atoms. The third-order valence-corrected chi connectivity index (χ3v) is 3.13. The van der Waals surface area contributed by atoms with E-state index in [-0.39, 0.29) is 12.4 Å². The van der Waals surface area contributed by atoms with Gasteiger partial charge in [-0.1, -0.05) is 42.5 Å². The molecule has 0 aliphatic rings.